The number of hydrogen-bond acceptors (Lipinski definition) is 2. The van der Waals surface area contributed by atoms with E-state index in [-0.39, 0.29) is 11.5 Å². The summed E-state index contributed by atoms with van der Waals surface area (Å²) in [6, 6.07) is 3.94. The number of aliphatic carboxylic acids is 1. The normalized spacial score (nSPS) is 25.4. The number of halogens is 1. The van der Waals surface area contributed by atoms with Gasteiger partial charge in [0, 0.05) is 5.56 Å². The summed E-state index contributed by atoms with van der Waals surface area (Å²) < 4.78 is 13.3. The maximum absolute atomic E-state index is 13.3. The molecule has 0 aromatic heterocycles. The quantitative estimate of drug-likeness (QED) is 0.900. The maximum Gasteiger partial charge on any atom is 0.329 e. The zero-order valence-electron chi connectivity index (χ0n) is 12.3. The Hall–Kier alpha value is -1.91. The summed E-state index contributed by atoms with van der Waals surface area (Å²) >= 11 is 0. The zero-order chi connectivity index (χ0) is 15.6. The first-order chi connectivity index (χ1) is 9.86. The Morgan fingerprint density at radius 2 is 2.10 bits per heavy atom. The van der Waals surface area contributed by atoms with E-state index in [1.165, 1.54) is 12.1 Å². The first kappa shape index (κ1) is 15.5. The van der Waals surface area contributed by atoms with E-state index in [0.29, 0.717) is 12.0 Å². The number of nitrogens with one attached hydrogen (secondary N) is 1. The van der Waals surface area contributed by atoms with Gasteiger partial charge in [0.1, 0.15) is 11.4 Å². The molecule has 1 saturated carbocycles. The van der Waals surface area contributed by atoms with Crippen LogP contribution in [0.1, 0.15) is 48.5 Å². The second-order valence-electron chi connectivity index (χ2n) is 5.84. The van der Waals surface area contributed by atoms with Crippen LogP contribution in [0.3, 0.4) is 0 Å². The molecule has 114 valence electrons. The van der Waals surface area contributed by atoms with E-state index in [9.17, 15) is 19.1 Å². The van der Waals surface area contributed by atoms with Crippen LogP contribution in [0, 0.1) is 18.7 Å². The number of hydrogen-bond donors (Lipinski definition) is 2. The van der Waals surface area contributed by atoms with Gasteiger partial charge in [-0.2, -0.15) is 0 Å². The third-order valence-electron chi connectivity index (χ3n) is 4.46. The minimum absolute atomic E-state index is 0.151. The zero-order valence-corrected chi connectivity index (χ0v) is 12.3. The Labute approximate surface area is 123 Å². The summed E-state index contributed by atoms with van der Waals surface area (Å²) in [4.78, 5) is 24.1. The van der Waals surface area contributed by atoms with Crippen LogP contribution in [-0.2, 0) is 4.79 Å². The lowest BCUT2D eigenvalue weighted by atomic mass is 9.73. The van der Waals surface area contributed by atoms with Crippen LogP contribution in [0.5, 0.6) is 0 Å². The summed E-state index contributed by atoms with van der Waals surface area (Å²) in [6.45, 7) is 3.54. The average molecular weight is 293 g/mol. The minimum Gasteiger partial charge on any atom is -0.479 e. The van der Waals surface area contributed by atoms with Crippen molar-refractivity contribution in [2.24, 2.45) is 5.92 Å². The lowest BCUT2D eigenvalue weighted by Crippen LogP contribution is -2.60. The van der Waals surface area contributed by atoms with Crippen LogP contribution in [0.4, 0.5) is 4.39 Å². The second kappa shape index (κ2) is 5.84. The standard InChI is InChI=1S/C16H20FNO3/c1-10-6-7-12(17)9-13(10)14(19)18-16(15(20)21)8-4-3-5-11(16)2/h6-7,9,11H,3-5,8H2,1-2H3,(H,18,19)(H,20,21). The van der Waals surface area contributed by atoms with E-state index in [1.807, 2.05) is 6.92 Å². The highest BCUT2D eigenvalue weighted by Crippen LogP contribution is 2.34. The van der Waals surface area contributed by atoms with Gasteiger partial charge in [-0.15, -0.1) is 0 Å². The van der Waals surface area contributed by atoms with Crippen LogP contribution in [0.25, 0.3) is 0 Å². The average Bonchev–Trinajstić information content (AvgIpc) is 2.43. The molecular weight excluding hydrogens is 273 g/mol. The first-order valence-electron chi connectivity index (χ1n) is 7.19. The topological polar surface area (TPSA) is 66.4 Å². The molecule has 1 aromatic carbocycles. The fourth-order valence-corrected chi connectivity index (χ4v) is 3.01. The van der Waals surface area contributed by atoms with Gasteiger partial charge in [0.05, 0.1) is 0 Å². The summed E-state index contributed by atoms with van der Waals surface area (Å²) in [5.41, 5.74) is -0.444. The molecule has 0 heterocycles. The largest absolute Gasteiger partial charge is 0.479 e. The van der Waals surface area contributed by atoms with Gasteiger partial charge in [-0.3, -0.25) is 4.79 Å². The van der Waals surface area contributed by atoms with Crippen LogP contribution in [0.15, 0.2) is 18.2 Å². The van der Waals surface area contributed by atoms with Crippen molar-refractivity contribution in [1.82, 2.24) is 5.32 Å². The van der Waals surface area contributed by atoms with E-state index in [1.54, 1.807) is 6.92 Å². The highest BCUT2D eigenvalue weighted by molar-refractivity contribution is 5.99. The molecule has 21 heavy (non-hydrogen) atoms. The number of carboxylic acid groups (broad SMARTS) is 1. The molecule has 4 nitrogen and oxygen atoms in total. The molecule has 0 saturated heterocycles. The summed E-state index contributed by atoms with van der Waals surface area (Å²) in [6.07, 6.45) is 2.89. The van der Waals surface area contributed by atoms with Crippen molar-refractivity contribution in [2.75, 3.05) is 0 Å². The van der Waals surface area contributed by atoms with Crippen LogP contribution in [-0.4, -0.2) is 22.5 Å². The third-order valence-corrected chi connectivity index (χ3v) is 4.46. The van der Waals surface area contributed by atoms with Gasteiger partial charge in [0.2, 0.25) is 0 Å². The molecule has 0 radical (unpaired) electrons. The van der Waals surface area contributed by atoms with Gasteiger partial charge in [0.25, 0.3) is 5.91 Å². The lowest BCUT2D eigenvalue weighted by molar-refractivity contribution is -0.148. The SMILES string of the molecule is Cc1ccc(F)cc1C(=O)NC1(C(=O)O)CCCCC1C. The number of rotatable bonds is 3. The Bertz CT molecular complexity index is 573. The molecule has 0 bridgehead atoms. The molecule has 1 aromatic rings. The van der Waals surface area contributed by atoms with Crippen molar-refractivity contribution in [1.29, 1.82) is 0 Å². The molecule has 2 N–H and O–H groups in total. The summed E-state index contributed by atoms with van der Waals surface area (Å²) in [5.74, 6) is -2.20. The van der Waals surface area contributed by atoms with Crippen LogP contribution in [0.2, 0.25) is 0 Å². The predicted octanol–water partition coefficient (Wildman–Crippen LogP) is 2.90. The highest BCUT2D eigenvalue weighted by atomic mass is 19.1. The van der Waals surface area contributed by atoms with Crippen molar-refractivity contribution in [3.63, 3.8) is 0 Å². The molecule has 1 fully saturated rings. The van der Waals surface area contributed by atoms with Gasteiger partial charge in [-0.1, -0.05) is 25.8 Å². The summed E-state index contributed by atoms with van der Waals surface area (Å²) in [5, 5.41) is 12.3. The van der Waals surface area contributed by atoms with Crippen molar-refractivity contribution in [3.8, 4) is 0 Å². The Morgan fingerprint density at radius 1 is 1.38 bits per heavy atom. The number of benzene rings is 1. The monoisotopic (exact) mass is 293 g/mol. The molecular formula is C16H20FNO3. The Balaban J connectivity index is 2.31. The Morgan fingerprint density at radius 3 is 2.71 bits per heavy atom. The molecule has 1 aliphatic carbocycles. The minimum atomic E-state index is -1.26. The van der Waals surface area contributed by atoms with Crippen LogP contribution >= 0.6 is 0 Å². The van der Waals surface area contributed by atoms with Crippen molar-refractivity contribution in [2.45, 2.75) is 45.1 Å². The number of amides is 1. The fourth-order valence-electron chi connectivity index (χ4n) is 3.01. The second-order valence-corrected chi connectivity index (χ2v) is 5.84. The van der Waals surface area contributed by atoms with E-state index in [0.717, 1.165) is 25.3 Å². The maximum atomic E-state index is 13.3. The van der Waals surface area contributed by atoms with Gasteiger partial charge >= 0.3 is 5.97 Å². The molecule has 1 aliphatic rings. The smallest absolute Gasteiger partial charge is 0.329 e. The molecule has 0 aliphatic heterocycles. The van der Waals surface area contributed by atoms with Crippen molar-refractivity contribution >= 4 is 11.9 Å². The van der Waals surface area contributed by atoms with Crippen molar-refractivity contribution in [3.05, 3.63) is 35.1 Å². The first-order valence-corrected chi connectivity index (χ1v) is 7.19. The molecule has 2 unspecified atom stereocenters. The predicted molar refractivity (Wildman–Crippen MR) is 76.6 cm³/mol. The molecule has 2 rings (SSSR count). The van der Waals surface area contributed by atoms with E-state index in [2.05, 4.69) is 5.32 Å². The number of carboxylic acids is 1. The third kappa shape index (κ3) is 2.91. The lowest BCUT2D eigenvalue weighted by Gasteiger charge is -2.39. The number of aryl methyl sites for hydroxylation is 1. The molecule has 0 spiro atoms. The van der Waals surface area contributed by atoms with E-state index in [4.69, 9.17) is 0 Å². The highest BCUT2D eigenvalue weighted by Gasteiger charge is 2.46. The van der Waals surface area contributed by atoms with Gasteiger partial charge in [0.15, 0.2) is 0 Å². The number of carbonyl (C=O) groups excluding carboxylic acids is 1. The van der Waals surface area contributed by atoms with Crippen molar-refractivity contribution < 1.29 is 19.1 Å². The molecule has 2 atom stereocenters. The Kier molecular flexibility index (Phi) is 4.30. The van der Waals surface area contributed by atoms with Crippen LogP contribution < -0.4 is 5.32 Å². The summed E-state index contributed by atoms with van der Waals surface area (Å²) in [7, 11) is 0. The van der Waals surface area contributed by atoms with Gasteiger partial charge in [-0.25, -0.2) is 9.18 Å². The van der Waals surface area contributed by atoms with E-state index < -0.39 is 23.2 Å². The number of carbonyl (C=O) groups is 2. The molecule has 1 amide bonds. The fraction of sp³-hybridized carbons (Fsp3) is 0.500. The van der Waals surface area contributed by atoms with Gasteiger partial charge < -0.3 is 10.4 Å². The van der Waals surface area contributed by atoms with Gasteiger partial charge in [-0.05, 0) is 43.4 Å². The van der Waals surface area contributed by atoms with E-state index >= 15 is 0 Å². The molecule has 5 heteroatoms.